The van der Waals surface area contributed by atoms with Crippen molar-refractivity contribution >= 4 is 39.9 Å². The fourth-order valence-electron chi connectivity index (χ4n) is 3.10. The number of halogens is 2. The number of thioether (sulfide) groups is 1. The lowest BCUT2D eigenvalue weighted by Gasteiger charge is -2.27. The van der Waals surface area contributed by atoms with Crippen LogP contribution < -0.4 is 5.32 Å². The highest BCUT2D eigenvalue weighted by molar-refractivity contribution is 7.99. The number of rotatable bonds is 3. The van der Waals surface area contributed by atoms with Crippen LogP contribution in [0.15, 0.2) is 48.7 Å². The molecule has 1 aromatic heterocycles. The van der Waals surface area contributed by atoms with Gasteiger partial charge in [-0.1, -0.05) is 18.2 Å². The number of fused-ring (bicyclic) bond motifs is 1. The lowest BCUT2D eigenvalue weighted by atomic mass is 10.1. The van der Waals surface area contributed by atoms with E-state index in [-0.39, 0.29) is 11.6 Å². The van der Waals surface area contributed by atoms with Crippen LogP contribution in [0, 0.1) is 11.6 Å². The van der Waals surface area contributed by atoms with Crippen molar-refractivity contribution in [2.24, 2.45) is 0 Å². The zero-order valence-corrected chi connectivity index (χ0v) is 15.2. The first kappa shape index (κ1) is 17.7. The van der Waals surface area contributed by atoms with E-state index >= 15 is 0 Å². The van der Waals surface area contributed by atoms with Crippen molar-refractivity contribution in [2.45, 2.75) is 0 Å². The van der Waals surface area contributed by atoms with Gasteiger partial charge in [0.05, 0.1) is 22.5 Å². The van der Waals surface area contributed by atoms with Crippen molar-refractivity contribution in [3.05, 3.63) is 65.9 Å². The Balaban J connectivity index is 1.82. The monoisotopic (exact) mass is 385 g/mol. The van der Waals surface area contributed by atoms with Crippen molar-refractivity contribution in [3.63, 3.8) is 0 Å². The van der Waals surface area contributed by atoms with Crippen LogP contribution in [0.1, 0.15) is 10.4 Å². The third kappa shape index (κ3) is 3.60. The second-order valence-corrected chi connectivity index (χ2v) is 7.44. The molecule has 27 heavy (non-hydrogen) atoms. The maximum Gasteiger partial charge on any atom is 0.257 e. The van der Waals surface area contributed by atoms with Gasteiger partial charge in [-0.3, -0.25) is 9.78 Å². The summed E-state index contributed by atoms with van der Waals surface area (Å²) in [7, 11) is 0. The molecule has 1 saturated heterocycles. The molecule has 1 N–H and O–H groups in total. The molecule has 138 valence electrons. The topological polar surface area (TPSA) is 45.2 Å². The predicted octanol–water partition coefficient (Wildman–Crippen LogP) is 4.45. The first-order valence-corrected chi connectivity index (χ1v) is 9.76. The minimum atomic E-state index is -0.593. The van der Waals surface area contributed by atoms with Gasteiger partial charge in [-0.2, -0.15) is 11.8 Å². The number of nitrogens with zero attached hydrogens (tertiary/aromatic N) is 2. The van der Waals surface area contributed by atoms with Crippen LogP contribution in [0.3, 0.4) is 0 Å². The summed E-state index contributed by atoms with van der Waals surface area (Å²) in [6.07, 6.45) is 1.51. The quantitative estimate of drug-likeness (QED) is 0.724. The van der Waals surface area contributed by atoms with E-state index in [9.17, 15) is 13.6 Å². The number of hydrogen-bond donors (Lipinski definition) is 1. The molecule has 7 heteroatoms. The Hall–Kier alpha value is -2.67. The normalized spacial score (nSPS) is 14.4. The first-order valence-electron chi connectivity index (χ1n) is 8.60. The highest BCUT2D eigenvalue weighted by Crippen LogP contribution is 2.31. The van der Waals surface area contributed by atoms with E-state index in [1.807, 2.05) is 36.0 Å². The van der Waals surface area contributed by atoms with E-state index in [0.717, 1.165) is 29.7 Å². The molecule has 0 aliphatic carbocycles. The van der Waals surface area contributed by atoms with Gasteiger partial charge < -0.3 is 10.2 Å². The summed E-state index contributed by atoms with van der Waals surface area (Å²) in [4.78, 5) is 19.2. The Morgan fingerprint density at radius 3 is 2.70 bits per heavy atom. The zero-order chi connectivity index (χ0) is 18.8. The van der Waals surface area contributed by atoms with Crippen LogP contribution in [0.5, 0.6) is 0 Å². The van der Waals surface area contributed by atoms with E-state index in [4.69, 9.17) is 0 Å². The summed E-state index contributed by atoms with van der Waals surface area (Å²) in [5, 5.41) is 3.62. The highest BCUT2D eigenvalue weighted by atomic mass is 32.2. The summed E-state index contributed by atoms with van der Waals surface area (Å²) >= 11 is 1.81. The number of benzene rings is 2. The van der Waals surface area contributed by atoms with E-state index < -0.39 is 11.6 Å². The molecule has 2 heterocycles. The Kier molecular flexibility index (Phi) is 4.94. The fourth-order valence-corrected chi connectivity index (χ4v) is 4.01. The molecule has 0 radical (unpaired) electrons. The molecule has 0 spiro atoms. The van der Waals surface area contributed by atoms with E-state index in [1.54, 1.807) is 4.90 Å². The number of anilines is 2. The Bertz CT molecular complexity index is 1010. The summed E-state index contributed by atoms with van der Waals surface area (Å²) in [5.74, 6) is 0.457. The molecule has 1 fully saturated rings. The van der Waals surface area contributed by atoms with Crippen molar-refractivity contribution in [1.82, 2.24) is 9.88 Å². The average Bonchev–Trinajstić information content (AvgIpc) is 2.71. The summed E-state index contributed by atoms with van der Waals surface area (Å²) in [6.45, 7) is 1.31. The van der Waals surface area contributed by atoms with E-state index in [1.165, 1.54) is 6.20 Å². The number of amides is 1. The molecule has 4 rings (SSSR count). The number of carbonyl (C=O) groups excluding carboxylic acids is 1. The summed E-state index contributed by atoms with van der Waals surface area (Å²) < 4.78 is 27.8. The third-order valence-electron chi connectivity index (χ3n) is 4.49. The summed E-state index contributed by atoms with van der Waals surface area (Å²) in [6, 6.07) is 10.5. The molecule has 0 atom stereocenters. The van der Waals surface area contributed by atoms with Gasteiger partial charge in [-0.25, -0.2) is 8.78 Å². The van der Waals surface area contributed by atoms with Gasteiger partial charge in [-0.15, -0.1) is 0 Å². The molecule has 1 amide bonds. The zero-order valence-electron chi connectivity index (χ0n) is 14.4. The molecule has 0 unspecified atom stereocenters. The van der Waals surface area contributed by atoms with Crippen LogP contribution in [0.25, 0.3) is 10.9 Å². The molecular formula is C20H17F2N3OS. The van der Waals surface area contributed by atoms with Crippen molar-refractivity contribution in [1.29, 1.82) is 0 Å². The number of para-hydroxylation sites is 1. The van der Waals surface area contributed by atoms with Crippen LogP contribution >= 0.6 is 11.8 Å². The average molecular weight is 385 g/mol. The van der Waals surface area contributed by atoms with Crippen LogP contribution in [-0.2, 0) is 0 Å². The van der Waals surface area contributed by atoms with Gasteiger partial charge in [0.25, 0.3) is 5.91 Å². The van der Waals surface area contributed by atoms with Crippen LogP contribution in [0.4, 0.5) is 20.2 Å². The van der Waals surface area contributed by atoms with E-state index in [0.29, 0.717) is 35.2 Å². The SMILES string of the molecule is O=C(c1cnc2ccccc2c1Nc1cc(F)ccc1F)N1CCSCC1. The maximum absolute atomic E-state index is 14.2. The Labute approximate surface area is 159 Å². The Morgan fingerprint density at radius 2 is 1.89 bits per heavy atom. The first-order chi connectivity index (χ1) is 13.1. The minimum absolute atomic E-state index is 0.0189. The minimum Gasteiger partial charge on any atom is -0.352 e. The number of hydrogen-bond acceptors (Lipinski definition) is 4. The van der Waals surface area contributed by atoms with Crippen molar-refractivity contribution < 1.29 is 13.6 Å². The van der Waals surface area contributed by atoms with E-state index in [2.05, 4.69) is 10.3 Å². The van der Waals surface area contributed by atoms with Gasteiger partial charge in [0, 0.05) is 42.2 Å². The molecule has 3 aromatic rings. The molecule has 4 nitrogen and oxygen atoms in total. The largest absolute Gasteiger partial charge is 0.352 e. The second-order valence-electron chi connectivity index (χ2n) is 6.22. The van der Waals surface area contributed by atoms with Gasteiger partial charge in [-0.05, 0) is 18.2 Å². The molecule has 1 aliphatic rings. The van der Waals surface area contributed by atoms with Gasteiger partial charge in [0.15, 0.2) is 0 Å². The highest BCUT2D eigenvalue weighted by Gasteiger charge is 2.23. The van der Waals surface area contributed by atoms with Crippen molar-refractivity contribution in [2.75, 3.05) is 29.9 Å². The third-order valence-corrected chi connectivity index (χ3v) is 5.43. The molecule has 0 bridgehead atoms. The number of pyridine rings is 1. The number of aromatic nitrogens is 1. The lowest BCUT2D eigenvalue weighted by Crippen LogP contribution is -2.38. The number of nitrogens with one attached hydrogen (secondary N) is 1. The smallest absolute Gasteiger partial charge is 0.257 e. The maximum atomic E-state index is 14.2. The van der Waals surface area contributed by atoms with Crippen molar-refractivity contribution in [3.8, 4) is 0 Å². The van der Waals surface area contributed by atoms with Gasteiger partial charge in [0.2, 0.25) is 0 Å². The van der Waals surface area contributed by atoms with Gasteiger partial charge >= 0.3 is 0 Å². The standard InChI is InChI=1S/C20H17F2N3OS/c21-13-5-6-16(22)18(11-13)24-19-14-3-1-2-4-17(14)23-12-15(19)20(26)25-7-9-27-10-8-25/h1-6,11-12H,7-10H2,(H,23,24). The Morgan fingerprint density at radius 1 is 1.11 bits per heavy atom. The molecule has 2 aromatic carbocycles. The van der Waals surface area contributed by atoms with Crippen LogP contribution in [0.2, 0.25) is 0 Å². The summed E-state index contributed by atoms with van der Waals surface area (Å²) in [5.41, 5.74) is 1.44. The number of carbonyl (C=O) groups is 1. The van der Waals surface area contributed by atoms with Crippen LogP contribution in [-0.4, -0.2) is 40.4 Å². The fraction of sp³-hybridized carbons (Fsp3) is 0.200. The molecular weight excluding hydrogens is 368 g/mol. The van der Waals surface area contributed by atoms with Gasteiger partial charge in [0.1, 0.15) is 11.6 Å². The predicted molar refractivity (Wildman–Crippen MR) is 105 cm³/mol. The molecule has 0 saturated carbocycles. The lowest BCUT2D eigenvalue weighted by molar-refractivity contribution is 0.0773. The second kappa shape index (κ2) is 7.52. The molecule has 1 aliphatic heterocycles.